The Balaban J connectivity index is 0.000000185. The van der Waals surface area contributed by atoms with E-state index < -0.39 is 41.6 Å². The lowest BCUT2D eigenvalue weighted by Gasteiger charge is -2.42. The molecule has 2 atom stereocenters. The highest BCUT2D eigenvalue weighted by Crippen LogP contribution is 2.37. The average Bonchev–Trinajstić information content (AvgIpc) is 3.78. The molecular formula is C33H41N3O11. The molecule has 0 aliphatic carbocycles. The summed E-state index contributed by atoms with van der Waals surface area (Å²) < 4.78 is 33.1. The molecule has 4 heterocycles. The Kier molecular flexibility index (Phi) is 11.3. The molecule has 4 saturated heterocycles. The SMILES string of the molecule is CNC(=O)C1CN(C(=O)OCc2ccccc2)CCC12OCCO2.O=C(O)C1CN(C(=O)OCc2ccccc2)CCC12OCCO2. The number of carbonyl (C=O) groups excluding carboxylic acids is 3. The molecule has 14 nitrogen and oxygen atoms in total. The van der Waals surface area contributed by atoms with E-state index in [0.29, 0.717) is 52.4 Å². The molecule has 2 aromatic rings. The van der Waals surface area contributed by atoms with Crippen LogP contribution in [0.2, 0.25) is 0 Å². The zero-order valence-electron chi connectivity index (χ0n) is 26.3. The van der Waals surface area contributed by atoms with Crippen LogP contribution in [0.25, 0.3) is 0 Å². The number of carboxylic acids is 1. The quantitative estimate of drug-likeness (QED) is 0.471. The summed E-state index contributed by atoms with van der Waals surface area (Å²) in [5.41, 5.74) is 1.80. The number of carbonyl (C=O) groups is 4. The molecule has 47 heavy (non-hydrogen) atoms. The molecular weight excluding hydrogens is 614 g/mol. The van der Waals surface area contributed by atoms with E-state index in [1.165, 1.54) is 4.90 Å². The lowest BCUT2D eigenvalue weighted by atomic mass is 9.90. The van der Waals surface area contributed by atoms with Gasteiger partial charge in [0, 0.05) is 46.1 Å². The second kappa shape index (κ2) is 15.6. The van der Waals surface area contributed by atoms with Crippen LogP contribution in [0.4, 0.5) is 9.59 Å². The maximum Gasteiger partial charge on any atom is 0.410 e. The monoisotopic (exact) mass is 655 g/mol. The summed E-state index contributed by atoms with van der Waals surface area (Å²) in [5, 5.41) is 12.1. The second-order valence-corrected chi connectivity index (χ2v) is 11.5. The third-order valence-electron chi connectivity index (χ3n) is 8.67. The number of amides is 3. The molecule has 2 unspecified atom stereocenters. The molecule has 3 amide bonds. The van der Waals surface area contributed by atoms with Gasteiger partial charge in [0.1, 0.15) is 25.0 Å². The molecule has 0 radical (unpaired) electrons. The van der Waals surface area contributed by atoms with Crippen molar-refractivity contribution < 1.29 is 52.7 Å². The van der Waals surface area contributed by atoms with Crippen molar-refractivity contribution in [2.45, 2.75) is 37.6 Å². The number of likely N-dealkylation sites (tertiary alicyclic amines) is 2. The van der Waals surface area contributed by atoms with Gasteiger partial charge in [-0.3, -0.25) is 9.59 Å². The van der Waals surface area contributed by atoms with Crippen molar-refractivity contribution in [3.05, 3.63) is 71.8 Å². The van der Waals surface area contributed by atoms with Gasteiger partial charge in [-0.15, -0.1) is 0 Å². The summed E-state index contributed by atoms with van der Waals surface area (Å²) >= 11 is 0. The van der Waals surface area contributed by atoms with E-state index in [2.05, 4.69) is 5.32 Å². The predicted molar refractivity (Wildman–Crippen MR) is 164 cm³/mol. The topological polar surface area (TPSA) is 162 Å². The maximum absolute atomic E-state index is 12.3. The molecule has 14 heteroatoms. The van der Waals surface area contributed by atoms with Gasteiger partial charge in [0.05, 0.1) is 26.4 Å². The van der Waals surface area contributed by atoms with Gasteiger partial charge in [0.15, 0.2) is 11.6 Å². The first kappa shape index (κ1) is 34.1. The highest BCUT2D eigenvalue weighted by atomic mass is 16.7. The van der Waals surface area contributed by atoms with Crippen LogP contribution in [-0.4, -0.2) is 110 Å². The minimum Gasteiger partial charge on any atom is -0.481 e. The minimum atomic E-state index is -1.11. The molecule has 4 aliphatic heterocycles. The number of hydrogen-bond donors (Lipinski definition) is 2. The van der Waals surface area contributed by atoms with Crippen molar-refractivity contribution in [3.8, 4) is 0 Å². The molecule has 2 N–H and O–H groups in total. The number of piperidine rings is 2. The van der Waals surface area contributed by atoms with Crippen LogP contribution in [-0.2, 0) is 51.2 Å². The van der Waals surface area contributed by atoms with Crippen LogP contribution in [0.1, 0.15) is 24.0 Å². The van der Waals surface area contributed by atoms with E-state index in [9.17, 15) is 24.3 Å². The lowest BCUT2D eigenvalue weighted by molar-refractivity contribution is -0.224. The Morgan fingerprint density at radius 3 is 1.53 bits per heavy atom. The highest BCUT2D eigenvalue weighted by Gasteiger charge is 2.53. The number of aliphatic carboxylic acids is 1. The fourth-order valence-electron chi connectivity index (χ4n) is 6.14. The Bertz CT molecular complexity index is 1360. The summed E-state index contributed by atoms with van der Waals surface area (Å²) in [6.07, 6.45) is -0.177. The third-order valence-corrected chi connectivity index (χ3v) is 8.67. The lowest BCUT2D eigenvalue weighted by Crippen LogP contribution is -2.58. The molecule has 4 fully saturated rings. The standard InChI is InChI=1S/C17H22N2O5.C16H19NO6/c1-18-15(20)14-11-19(8-7-17(14)23-9-10-24-17)16(21)22-12-13-5-3-2-4-6-13;18-14(19)13-10-17(7-6-16(13)22-8-9-23-16)15(20)21-11-12-4-2-1-3-5-12/h2-6,14H,7-12H2,1H3,(H,18,20);1-5,13H,6-11H2,(H,18,19). The fourth-order valence-corrected chi connectivity index (χ4v) is 6.14. The van der Waals surface area contributed by atoms with E-state index in [4.69, 9.17) is 28.4 Å². The van der Waals surface area contributed by atoms with E-state index in [1.807, 2.05) is 60.7 Å². The van der Waals surface area contributed by atoms with E-state index in [-0.39, 0.29) is 32.2 Å². The van der Waals surface area contributed by atoms with Crippen molar-refractivity contribution in [3.63, 3.8) is 0 Å². The average molecular weight is 656 g/mol. The molecule has 6 rings (SSSR count). The normalized spacial score (nSPS) is 22.7. The molecule has 2 spiro atoms. The molecule has 0 saturated carbocycles. The van der Waals surface area contributed by atoms with Crippen LogP contribution in [0.3, 0.4) is 0 Å². The Labute approximate surface area is 272 Å². The molecule has 254 valence electrons. The summed E-state index contributed by atoms with van der Waals surface area (Å²) in [6, 6.07) is 18.8. The molecule has 4 aliphatic rings. The smallest absolute Gasteiger partial charge is 0.410 e. The second-order valence-electron chi connectivity index (χ2n) is 11.5. The fraction of sp³-hybridized carbons (Fsp3) is 0.515. The molecule has 2 aromatic carbocycles. The number of hydrogen-bond acceptors (Lipinski definition) is 10. The minimum absolute atomic E-state index is 0.0168. The molecule has 0 bridgehead atoms. The largest absolute Gasteiger partial charge is 0.481 e. The summed E-state index contributed by atoms with van der Waals surface area (Å²) in [5.74, 6) is -4.74. The number of carboxylic acid groups (broad SMARTS) is 1. The van der Waals surface area contributed by atoms with Crippen LogP contribution in [0.15, 0.2) is 60.7 Å². The predicted octanol–water partition coefficient (Wildman–Crippen LogP) is 2.61. The van der Waals surface area contributed by atoms with Gasteiger partial charge in [-0.2, -0.15) is 0 Å². The van der Waals surface area contributed by atoms with Crippen LogP contribution in [0.5, 0.6) is 0 Å². The van der Waals surface area contributed by atoms with Crippen molar-refractivity contribution >= 4 is 24.1 Å². The first-order valence-corrected chi connectivity index (χ1v) is 15.7. The van der Waals surface area contributed by atoms with Crippen molar-refractivity contribution in [1.82, 2.24) is 15.1 Å². The van der Waals surface area contributed by atoms with Gasteiger partial charge in [-0.05, 0) is 11.1 Å². The van der Waals surface area contributed by atoms with Crippen molar-refractivity contribution in [1.29, 1.82) is 0 Å². The first-order valence-electron chi connectivity index (χ1n) is 15.7. The zero-order valence-corrected chi connectivity index (χ0v) is 26.3. The van der Waals surface area contributed by atoms with Gasteiger partial charge < -0.3 is 48.6 Å². The Morgan fingerprint density at radius 2 is 1.13 bits per heavy atom. The van der Waals surface area contributed by atoms with Gasteiger partial charge in [-0.1, -0.05) is 60.7 Å². The van der Waals surface area contributed by atoms with Crippen LogP contribution < -0.4 is 5.32 Å². The van der Waals surface area contributed by atoms with Gasteiger partial charge in [0.25, 0.3) is 0 Å². The number of benzene rings is 2. The Morgan fingerprint density at radius 1 is 0.723 bits per heavy atom. The molecule has 0 aromatic heterocycles. The third kappa shape index (κ3) is 8.19. The van der Waals surface area contributed by atoms with Crippen LogP contribution >= 0.6 is 0 Å². The van der Waals surface area contributed by atoms with Gasteiger partial charge in [0.2, 0.25) is 5.91 Å². The number of nitrogens with zero attached hydrogens (tertiary/aromatic N) is 2. The van der Waals surface area contributed by atoms with E-state index in [1.54, 1.807) is 11.9 Å². The maximum atomic E-state index is 12.3. The Hall–Kier alpha value is -4.24. The number of rotatable bonds is 6. The summed E-state index contributed by atoms with van der Waals surface area (Å²) in [6.45, 7) is 3.06. The summed E-state index contributed by atoms with van der Waals surface area (Å²) in [7, 11) is 1.57. The summed E-state index contributed by atoms with van der Waals surface area (Å²) in [4.78, 5) is 51.2. The van der Waals surface area contributed by atoms with Crippen molar-refractivity contribution in [2.24, 2.45) is 11.8 Å². The highest BCUT2D eigenvalue weighted by molar-refractivity contribution is 5.81. The van der Waals surface area contributed by atoms with Gasteiger partial charge >= 0.3 is 18.2 Å². The van der Waals surface area contributed by atoms with E-state index in [0.717, 1.165) is 11.1 Å². The van der Waals surface area contributed by atoms with Gasteiger partial charge in [-0.25, -0.2) is 9.59 Å². The number of nitrogens with one attached hydrogen (secondary N) is 1. The van der Waals surface area contributed by atoms with Crippen molar-refractivity contribution in [2.75, 3.05) is 59.7 Å². The van der Waals surface area contributed by atoms with Crippen LogP contribution in [0, 0.1) is 11.8 Å². The van der Waals surface area contributed by atoms with E-state index >= 15 is 0 Å². The number of ether oxygens (including phenoxy) is 6. The first-order chi connectivity index (χ1) is 22.7. The zero-order chi connectivity index (χ0) is 33.3.